The van der Waals surface area contributed by atoms with Crippen LogP contribution in [0.1, 0.15) is 41.5 Å². The van der Waals surface area contributed by atoms with Crippen molar-refractivity contribution in [3.63, 3.8) is 0 Å². The van der Waals surface area contributed by atoms with E-state index in [1.807, 2.05) is 6.92 Å². The first-order valence-electron chi connectivity index (χ1n) is 13.5. The van der Waals surface area contributed by atoms with Crippen molar-refractivity contribution >= 4 is 11.9 Å². The topological polar surface area (TPSA) is 170 Å². The molecular formula is C29H35N3O9. The van der Waals surface area contributed by atoms with Gasteiger partial charge in [0, 0.05) is 10.8 Å². The molecule has 0 radical (unpaired) electrons. The highest BCUT2D eigenvalue weighted by Gasteiger charge is 2.50. The maximum absolute atomic E-state index is 13.0. The molecule has 2 aromatic carbocycles. The third-order valence-corrected chi connectivity index (χ3v) is 7.61. The molecule has 0 saturated carbocycles. The zero-order valence-electron chi connectivity index (χ0n) is 23.1. The highest BCUT2D eigenvalue weighted by atomic mass is 16.7. The van der Waals surface area contributed by atoms with Crippen LogP contribution in [0.25, 0.3) is 10.4 Å². The van der Waals surface area contributed by atoms with Crippen molar-refractivity contribution < 1.29 is 43.5 Å². The van der Waals surface area contributed by atoms with Crippen molar-refractivity contribution in [3.05, 3.63) is 82.2 Å². The van der Waals surface area contributed by atoms with Crippen LogP contribution < -0.4 is 0 Å². The first kappa shape index (κ1) is 30.4. The summed E-state index contributed by atoms with van der Waals surface area (Å²) in [6.45, 7) is 4.54. The third-order valence-electron chi connectivity index (χ3n) is 7.61. The molecule has 0 spiro atoms. The molecule has 12 heteroatoms. The second-order valence-electron chi connectivity index (χ2n) is 10.3. The Hall–Kier alpha value is -3.51. The monoisotopic (exact) mass is 569 g/mol. The number of azide groups is 1. The summed E-state index contributed by atoms with van der Waals surface area (Å²) < 4.78 is 29.8. The molecule has 0 aromatic heterocycles. The highest BCUT2D eigenvalue weighted by Crippen LogP contribution is 2.36. The van der Waals surface area contributed by atoms with Gasteiger partial charge >= 0.3 is 11.9 Å². The Balaban J connectivity index is 1.59. The Morgan fingerprint density at radius 3 is 2.10 bits per heavy atom. The van der Waals surface area contributed by atoms with Crippen LogP contribution in [0.15, 0.2) is 65.8 Å². The van der Waals surface area contributed by atoms with Gasteiger partial charge in [-0.1, -0.05) is 55.4 Å². The van der Waals surface area contributed by atoms with E-state index in [9.17, 15) is 19.8 Å². The zero-order chi connectivity index (χ0) is 29.5. The van der Waals surface area contributed by atoms with Crippen LogP contribution in [0.5, 0.6) is 0 Å². The van der Waals surface area contributed by atoms with Crippen LogP contribution in [0.3, 0.4) is 0 Å². The number of aliphatic hydroxyl groups excluding tert-OH is 2. The van der Waals surface area contributed by atoms with E-state index in [0.717, 1.165) is 0 Å². The summed E-state index contributed by atoms with van der Waals surface area (Å²) in [5.41, 5.74) is 9.83. The minimum Gasteiger partial charge on any atom is -0.459 e. The second kappa shape index (κ2) is 13.9. The highest BCUT2D eigenvalue weighted by molar-refractivity contribution is 5.89. The van der Waals surface area contributed by atoms with E-state index < -0.39 is 79.3 Å². The molecule has 0 amide bonds. The number of carbonyl (C=O) groups excluding carboxylic acids is 2. The Morgan fingerprint density at radius 2 is 1.51 bits per heavy atom. The summed E-state index contributed by atoms with van der Waals surface area (Å²) in [5, 5.41) is 24.5. The van der Waals surface area contributed by atoms with Crippen molar-refractivity contribution in [2.45, 2.75) is 69.7 Å². The molecule has 2 N–H and O–H groups in total. The average Bonchev–Trinajstić information content (AvgIpc) is 2.99. The number of ether oxygens (including phenoxy) is 5. The van der Waals surface area contributed by atoms with E-state index in [-0.39, 0.29) is 6.61 Å². The minimum atomic E-state index is -1.23. The predicted octanol–water partition coefficient (Wildman–Crippen LogP) is 3.27. The van der Waals surface area contributed by atoms with Crippen molar-refractivity contribution in [1.82, 2.24) is 0 Å². The van der Waals surface area contributed by atoms with Gasteiger partial charge in [0.15, 0.2) is 12.4 Å². The molecule has 4 unspecified atom stereocenters. The number of rotatable bonds is 9. The molecule has 2 aliphatic heterocycles. The molecule has 4 rings (SSSR count). The van der Waals surface area contributed by atoms with Crippen molar-refractivity contribution in [3.8, 4) is 0 Å². The Labute approximate surface area is 237 Å². The van der Waals surface area contributed by atoms with Crippen LogP contribution in [0, 0.1) is 11.8 Å². The molecule has 0 bridgehead atoms. The van der Waals surface area contributed by atoms with E-state index in [1.165, 1.54) is 0 Å². The number of aliphatic hydroxyl groups is 2. The van der Waals surface area contributed by atoms with E-state index in [2.05, 4.69) is 10.0 Å². The van der Waals surface area contributed by atoms with E-state index >= 15 is 0 Å². The largest absolute Gasteiger partial charge is 0.459 e. The van der Waals surface area contributed by atoms with Gasteiger partial charge in [-0.2, -0.15) is 0 Å². The standard InChI is InChI=1S/C29H35N3O9/c1-16-23(31-32-30)18(3)38-22(15-37-27(35)19-10-6-4-7-11-19)25(16)41-29-26(17(2)24(34)21(14-33)39-29)40-28(36)20-12-8-5-9-13-20/h4-13,16-18,21-26,29,33-34H,14-15H2,1-3H3/t16-,17+,18-,21?,22?,23?,24+,25+,26?,29+/m1/s1. The fourth-order valence-corrected chi connectivity index (χ4v) is 5.27. The normalized spacial score (nSPS) is 33.3. The summed E-state index contributed by atoms with van der Waals surface area (Å²) in [4.78, 5) is 28.6. The summed E-state index contributed by atoms with van der Waals surface area (Å²) in [7, 11) is 0. The summed E-state index contributed by atoms with van der Waals surface area (Å²) in [6, 6.07) is 16.2. The lowest BCUT2D eigenvalue weighted by molar-refractivity contribution is -0.320. The smallest absolute Gasteiger partial charge is 0.338 e. The van der Waals surface area contributed by atoms with Gasteiger partial charge in [0.1, 0.15) is 18.8 Å². The maximum atomic E-state index is 13.0. The first-order chi connectivity index (χ1) is 19.7. The first-order valence-corrected chi connectivity index (χ1v) is 13.5. The van der Waals surface area contributed by atoms with Crippen LogP contribution in [-0.4, -0.2) is 84.3 Å². The summed E-state index contributed by atoms with van der Waals surface area (Å²) in [6.07, 6.45) is -6.64. The Kier molecular flexibility index (Phi) is 10.3. The quantitative estimate of drug-likeness (QED) is 0.199. The SMILES string of the molecule is C[C@@H]1C(OC(=O)c2ccccc2)[C@H](O[C@@H]2C(COC(=O)c3ccccc3)O[C@H](C)C(N=[N+]=[N-])[C@H]2C)OC(CO)[C@H]1O. The van der Waals surface area contributed by atoms with Gasteiger partial charge in [0.2, 0.25) is 0 Å². The molecule has 0 aliphatic carbocycles. The molecular weight excluding hydrogens is 534 g/mol. The lowest BCUT2D eigenvalue weighted by Gasteiger charge is -2.47. The maximum Gasteiger partial charge on any atom is 0.338 e. The molecule has 2 fully saturated rings. The fourth-order valence-electron chi connectivity index (χ4n) is 5.27. The number of hydrogen-bond donors (Lipinski definition) is 2. The van der Waals surface area contributed by atoms with Gasteiger partial charge in [0.05, 0.1) is 42.1 Å². The number of esters is 2. The molecule has 2 aliphatic rings. The molecule has 2 saturated heterocycles. The van der Waals surface area contributed by atoms with Crippen LogP contribution >= 0.6 is 0 Å². The number of hydrogen-bond acceptors (Lipinski definition) is 10. The fraction of sp³-hybridized carbons (Fsp3) is 0.517. The van der Waals surface area contributed by atoms with Gasteiger partial charge < -0.3 is 33.9 Å². The van der Waals surface area contributed by atoms with Crippen molar-refractivity contribution in [2.24, 2.45) is 17.0 Å². The molecule has 220 valence electrons. The Morgan fingerprint density at radius 1 is 0.902 bits per heavy atom. The van der Waals surface area contributed by atoms with E-state index in [0.29, 0.717) is 11.1 Å². The minimum absolute atomic E-state index is 0.182. The molecule has 2 heterocycles. The van der Waals surface area contributed by atoms with Gasteiger partial charge in [-0.25, -0.2) is 9.59 Å². The van der Waals surface area contributed by atoms with Gasteiger partial charge in [0.25, 0.3) is 0 Å². The van der Waals surface area contributed by atoms with E-state index in [4.69, 9.17) is 29.2 Å². The number of benzene rings is 2. The van der Waals surface area contributed by atoms with Crippen LogP contribution in [0.2, 0.25) is 0 Å². The number of carbonyl (C=O) groups is 2. The van der Waals surface area contributed by atoms with E-state index in [1.54, 1.807) is 74.5 Å². The van der Waals surface area contributed by atoms with Gasteiger partial charge in [-0.3, -0.25) is 0 Å². The summed E-state index contributed by atoms with van der Waals surface area (Å²) in [5.74, 6) is -2.32. The van der Waals surface area contributed by atoms with Crippen molar-refractivity contribution in [2.75, 3.05) is 13.2 Å². The van der Waals surface area contributed by atoms with Crippen molar-refractivity contribution in [1.29, 1.82) is 0 Å². The van der Waals surface area contributed by atoms with Crippen LogP contribution in [0.4, 0.5) is 0 Å². The molecule has 10 atom stereocenters. The van der Waals surface area contributed by atoms with Crippen LogP contribution in [-0.2, 0) is 23.7 Å². The molecule has 2 aromatic rings. The lowest BCUT2D eigenvalue weighted by Crippen LogP contribution is -2.61. The Bertz CT molecular complexity index is 1210. The summed E-state index contributed by atoms with van der Waals surface area (Å²) >= 11 is 0. The second-order valence-corrected chi connectivity index (χ2v) is 10.3. The van der Waals surface area contributed by atoms with Gasteiger partial charge in [-0.15, -0.1) is 0 Å². The molecule has 12 nitrogen and oxygen atoms in total. The average molecular weight is 570 g/mol. The lowest BCUT2D eigenvalue weighted by atomic mass is 9.86. The number of nitrogens with zero attached hydrogens (tertiary/aromatic N) is 3. The van der Waals surface area contributed by atoms with Gasteiger partial charge in [-0.05, 0) is 42.6 Å². The third kappa shape index (κ3) is 7.05. The zero-order valence-corrected chi connectivity index (χ0v) is 23.1. The predicted molar refractivity (Wildman–Crippen MR) is 145 cm³/mol. The molecule has 41 heavy (non-hydrogen) atoms.